The average molecular weight is 423 g/mol. The van der Waals surface area contributed by atoms with Crippen LogP contribution in [-0.2, 0) is 11.3 Å². The summed E-state index contributed by atoms with van der Waals surface area (Å²) in [7, 11) is 3.06. The number of para-hydroxylation sites is 1. The third-order valence-electron chi connectivity index (χ3n) is 4.89. The first kappa shape index (κ1) is 21.8. The highest BCUT2D eigenvalue weighted by Crippen LogP contribution is 2.29. The van der Waals surface area contributed by atoms with Crippen molar-refractivity contribution in [1.82, 2.24) is 15.0 Å². The number of nitrogens with one attached hydrogen (secondary N) is 2. The predicted molar refractivity (Wildman–Crippen MR) is 117 cm³/mol. The summed E-state index contributed by atoms with van der Waals surface area (Å²) in [5, 5.41) is 13.6. The van der Waals surface area contributed by atoms with Crippen molar-refractivity contribution in [2.75, 3.05) is 24.9 Å². The van der Waals surface area contributed by atoms with E-state index in [4.69, 9.17) is 9.47 Å². The average Bonchev–Trinajstić information content (AvgIpc) is 3.11. The lowest BCUT2D eigenvalue weighted by molar-refractivity contribution is -0.117. The van der Waals surface area contributed by atoms with E-state index >= 15 is 0 Å². The Bertz CT molecular complexity index is 1100. The molecule has 0 bridgehead atoms. The molecule has 2 N–H and O–H groups in total. The van der Waals surface area contributed by atoms with E-state index in [9.17, 15) is 9.59 Å². The van der Waals surface area contributed by atoms with Gasteiger partial charge < -0.3 is 20.1 Å². The van der Waals surface area contributed by atoms with E-state index in [-0.39, 0.29) is 24.1 Å². The Morgan fingerprint density at radius 1 is 1.00 bits per heavy atom. The minimum Gasteiger partial charge on any atom is -0.497 e. The van der Waals surface area contributed by atoms with Gasteiger partial charge in [-0.1, -0.05) is 23.4 Å². The topological polar surface area (TPSA) is 107 Å². The van der Waals surface area contributed by atoms with Crippen LogP contribution >= 0.6 is 0 Å². The lowest BCUT2D eigenvalue weighted by atomic mass is 10.1. The van der Waals surface area contributed by atoms with E-state index in [1.54, 1.807) is 32.2 Å². The molecule has 0 spiro atoms. The van der Waals surface area contributed by atoms with Crippen LogP contribution in [0.3, 0.4) is 0 Å². The molecule has 9 heteroatoms. The number of carbonyl (C=O) groups is 2. The zero-order chi connectivity index (χ0) is 22.5. The van der Waals surface area contributed by atoms with Crippen molar-refractivity contribution < 1.29 is 19.1 Å². The van der Waals surface area contributed by atoms with Crippen LogP contribution in [-0.4, -0.2) is 41.0 Å². The molecule has 3 aromatic rings. The van der Waals surface area contributed by atoms with Gasteiger partial charge in [-0.15, -0.1) is 5.10 Å². The lowest BCUT2D eigenvalue weighted by Crippen LogP contribution is -2.21. The number of benzene rings is 2. The number of nitrogens with zero attached hydrogens (tertiary/aromatic N) is 3. The molecule has 0 unspecified atom stereocenters. The van der Waals surface area contributed by atoms with Crippen molar-refractivity contribution in [1.29, 1.82) is 0 Å². The standard InChI is InChI=1S/C22H25N5O4/c1-13-7-6-8-14(2)20(13)24-22(29)21-15(3)27(26-25-21)12-19(28)23-17-10-9-16(30-4)11-18(17)31-5/h6-11H,12H2,1-5H3,(H,23,28)(H,24,29). The predicted octanol–water partition coefficient (Wildman–Crippen LogP) is 3.11. The summed E-state index contributed by atoms with van der Waals surface area (Å²) in [5.74, 6) is 0.370. The first-order chi connectivity index (χ1) is 14.8. The molecule has 162 valence electrons. The Kier molecular flexibility index (Phi) is 6.54. The van der Waals surface area contributed by atoms with Crippen molar-refractivity contribution in [3.05, 3.63) is 58.9 Å². The molecule has 0 fully saturated rings. The van der Waals surface area contributed by atoms with E-state index in [2.05, 4.69) is 20.9 Å². The quantitative estimate of drug-likeness (QED) is 0.605. The second-order valence-corrected chi connectivity index (χ2v) is 7.02. The number of methoxy groups -OCH3 is 2. The molecule has 0 atom stereocenters. The van der Waals surface area contributed by atoms with Gasteiger partial charge in [-0.2, -0.15) is 0 Å². The fraction of sp³-hybridized carbons (Fsp3) is 0.273. The van der Waals surface area contributed by atoms with Gasteiger partial charge in [0, 0.05) is 11.8 Å². The fourth-order valence-electron chi connectivity index (χ4n) is 3.13. The maximum absolute atomic E-state index is 12.7. The molecular formula is C22H25N5O4. The number of ether oxygens (including phenoxy) is 2. The Morgan fingerprint density at radius 2 is 1.71 bits per heavy atom. The molecule has 31 heavy (non-hydrogen) atoms. The highest BCUT2D eigenvalue weighted by atomic mass is 16.5. The maximum Gasteiger partial charge on any atom is 0.278 e. The summed E-state index contributed by atoms with van der Waals surface area (Å²) >= 11 is 0. The van der Waals surface area contributed by atoms with Crippen LogP contribution in [0.5, 0.6) is 11.5 Å². The lowest BCUT2D eigenvalue weighted by Gasteiger charge is -2.12. The van der Waals surface area contributed by atoms with Gasteiger partial charge in [0.2, 0.25) is 5.91 Å². The van der Waals surface area contributed by atoms with Crippen molar-refractivity contribution in [2.45, 2.75) is 27.3 Å². The second-order valence-electron chi connectivity index (χ2n) is 7.02. The van der Waals surface area contributed by atoms with Crippen molar-refractivity contribution in [3.8, 4) is 11.5 Å². The first-order valence-electron chi connectivity index (χ1n) is 9.63. The third kappa shape index (κ3) is 4.82. The molecule has 2 amide bonds. The van der Waals surface area contributed by atoms with Crippen LogP contribution in [0.4, 0.5) is 11.4 Å². The molecule has 1 heterocycles. The van der Waals surface area contributed by atoms with E-state index in [1.165, 1.54) is 11.8 Å². The molecule has 3 rings (SSSR count). The van der Waals surface area contributed by atoms with Crippen LogP contribution in [0.2, 0.25) is 0 Å². The number of aromatic nitrogens is 3. The largest absolute Gasteiger partial charge is 0.497 e. The summed E-state index contributed by atoms with van der Waals surface area (Å²) in [6.07, 6.45) is 0. The monoisotopic (exact) mass is 423 g/mol. The number of aryl methyl sites for hydroxylation is 2. The summed E-state index contributed by atoms with van der Waals surface area (Å²) in [5.41, 5.74) is 3.79. The van der Waals surface area contributed by atoms with E-state index < -0.39 is 0 Å². The van der Waals surface area contributed by atoms with Gasteiger partial charge in [0.1, 0.15) is 18.0 Å². The summed E-state index contributed by atoms with van der Waals surface area (Å²) in [6, 6.07) is 10.8. The number of anilines is 2. The van der Waals surface area contributed by atoms with Crippen molar-refractivity contribution in [3.63, 3.8) is 0 Å². The smallest absolute Gasteiger partial charge is 0.278 e. The Hall–Kier alpha value is -3.88. The molecule has 0 saturated carbocycles. The molecule has 9 nitrogen and oxygen atoms in total. The Morgan fingerprint density at radius 3 is 2.35 bits per heavy atom. The van der Waals surface area contributed by atoms with Crippen LogP contribution < -0.4 is 20.1 Å². The number of amides is 2. The van der Waals surface area contributed by atoms with Crippen LogP contribution in [0.1, 0.15) is 27.3 Å². The molecule has 1 aromatic heterocycles. The van der Waals surface area contributed by atoms with E-state index in [0.717, 1.165) is 16.8 Å². The third-order valence-corrected chi connectivity index (χ3v) is 4.89. The second kappa shape index (κ2) is 9.29. The Balaban J connectivity index is 1.72. The fourth-order valence-corrected chi connectivity index (χ4v) is 3.13. The van der Waals surface area contributed by atoms with Gasteiger partial charge >= 0.3 is 0 Å². The molecule has 0 saturated heterocycles. The zero-order valence-corrected chi connectivity index (χ0v) is 18.1. The van der Waals surface area contributed by atoms with E-state index in [0.29, 0.717) is 22.9 Å². The SMILES string of the molecule is COc1ccc(NC(=O)Cn2nnc(C(=O)Nc3c(C)cccc3C)c2C)c(OC)c1. The molecule has 0 radical (unpaired) electrons. The summed E-state index contributed by atoms with van der Waals surface area (Å²) < 4.78 is 11.8. The molecule has 2 aromatic carbocycles. The number of hydrogen-bond donors (Lipinski definition) is 2. The van der Waals surface area contributed by atoms with Gasteiger partial charge in [0.25, 0.3) is 5.91 Å². The molecule has 0 aliphatic rings. The van der Waals surface area contributed by atoms with Gasteiger partial charge in [-0.3, -0.25) is 9.59 Å². The highest BCUT2D eigenvalue weighted by molar-refractivity contribution is 6.04. The van der Waals surface area contributed by atoms with Crippen molar-refractivity contribution in [2.24, 2.45) is 0 Å². The number of rotatable bonds is 7. The van der Waals surface area contributed by atoms with Gasteiger partial charge in [-0.25, -0.2) is 4.68 Å². The normalized spacial score (nSPS) is 10.5. The maximum atomic E-state index is 12.7. The Labute approximate surface area is 180 Å². The number of hydrogen-bond acceptors (Lipinski definition) is 6. The number of carbonyl (C=O) groups excluding carboxylic acids is 2. The first-order valence-corrected chi connectivity index (χ1v) is 9.63. The molecular weight excluding hydrogens is 398 g/mol. The minimum atomic E-state index is -0.376. The van der Waals surface area contributed by atoms with E-state index in [1.807, 2.05) is 32.0 Å². The van der Waals surface area contributed by atoms with Crippen LogP contribution in [0.25, 0.3) is 0 Å². The van der Waals surface area contributed by atoms with Gasteiger partial charge in [0.05, 0.1) is 25.6 Å². The minimum absolute atomic E-state index is 0.106. The van der Waals surface area contributed by atoms with Gasteiger partial charge in [0.15, 0.2) is 5.69 Å². The van der Waals surface area contributed by atoms with Crippen LogP contribution in [0.15, 0.2) is 36.4 Å². The van der Waals surface area contributed by atoms with Crippen molar-refractivity contribution >= 4 is 23.2 Å². The molecule has 0 aliphatic heterocycles. The zero-order valence-electron chi connectivity index (χ0n) is 18.1. The summed E-state index contributed by atoms with van der Waals surface area (Å²) in [4.78, 5) is 25.2. The van der Waals surface area contributed by atoms with Crippen LogP contribution in [0, 0.1) is 20.8 Å². The highest BCUT2D eigenvalue weighted by Gasteiger charge is 2.19. The van der Waals surface area contributed by atoms with Gasteiger partial charge in [-0.05, 0) is 44.0 Å². The summed E-state index contributed by atoms with van der Waals surface area (Å²) in [6.45, 7) is 5.43. The molecule has 0 aliphatic carbocycles.